The molecular formula is C22H25FN4O3. The van der Waals surface area contributed by atoms with E-state index >= 15 is 0 Å². The van der Waals surface area contributed by atoms with Gasteiger partial charge in [-0.3, -0.25) is 9.36 Å². The van der Waals surface area contributed by atoms with Gasteiger partial charge in [0.05, 0.1) is 18.8 Å². The van der Waals surface area contributed by atoms with Crippen molar-refractivity contribution in [2.45, 2.75) is 32.4 Å². The Morgan fingerprint density at radius 3 is 2.67 bits per heavy atom. The molecular weight excluding hydrogens is 387 g/mol. The Morgan fingerprint density at radius 1 is 1.17 bits per heavy atom. The van der Waals surface area contributed by atoms with Gasteiger partial charge in [-0.1, -0.05) is 0 Å². The summed E-state index contributed by atoms with van der Waals surface area (Å²) in [5.74, 6) is 0.0147. The van der Waals surface area contributed by atoms with Gasteiger partial charge in [-0.2, -0.15) is 0 Å². The lowest BCUT2D eigenvalue weighted by Gasteiger charge is -2.23. The highest BCUT2D eigenvalue weighted by Crippen LogP contribution is 2.21. The predicted octanol–water partition coefficient (Wildman–Crippen LogP) is 3.23. The van der Waals surface area contributed by atoms with Crippen molar-refractivity contribution in [2.75, 3.05) is 31.7 Å². The van der Waals surface area contributed by atoms with Gasteiger partial charge in [-0.05, 0) is 56.2 Å². The van der Waals surface area contributed by atoms with Crippen LogP contribution in [0.5, 0.6) is 0 Å². The molecule has 1 aliphatic heterocycles. The van der Waals surface area contributed by atoms with Crippen molar-refractivity contribution < 1.29 is 13.9 Å². The van der Waals surface area contributed by atoms with Crippen LogP contribution in [0.4, 0.5) is 10.2 Å². The third-order valence-corrected chi connectivity index (χ3v) is 5.16. The summed E-state index contributed by atoms with van der Waals surface area (Å²) in [7, 11) is 0. The SMILES string of the molecule is CCOCCn1c(=O)c(NC2CCOCC2)nc2ccc(-c3ccc(F)cc3)nc21. The predicted molar refractivity (Wildman–Crippen MR) is 113 cm³/mol. The lowest BCUT2D eigenvalue weighted by molar-refractivity contribution is 0.0903. The number of rotatable bonds is 7. The Hall–Kier alpha value is -2.84. The third-order valence-electron chi connectivity index (χ3n) is 5.16. The first-order chi connectivity index (χ1) is 14.7. The number of nitrogens with one attached hydrogen (secondary N) is 1. The van der Waals surface area contributed by atoms with Gasteiger partial charge in [-0.15, -0.1) is 0 Å². The van der Waals surface area contributed by atoms with Crippen LogP contribution in [0.25, 0.3) is 22.4 Å². The van der Waals surface area contributed by atoms with Gasteiger partial charge in [0, 0.05) is 31.4 Å². The van der Waals surface area contributed by atoms with Crippen molar-refractivity contribution in [3.63, 3.8) is 0 Å². The van der Waals surface area contributed by atoms with Crippen molar-refractivity contribution in [1.82, 2.24) is 14.5 Å². The molecule has 158 valence electrons. The summed E-state index contributed by atoms with van der Waals surface area (Å²) in [5.41, 5.74) is 2.30. The van der Waals surface area contributed by atoms with Crippen LogP contribution in [-0.4, -0.2) is 47.0 Å². The molecule has 1 N–H and O–H groups in total. The lowest BCUT2D eigenvalue weighted by Crippen LogP contribution is -2.34. The minimum atomic E-state index is -0.307. The van der Waals surface area contributed by atoms with Crippen LogP contribution in [0.3, 0.4) is 0 Å². The minimum Gasteiger partial charge on any atom is -0.381 e. The molecule has 0 spiro atoms. The van der Waals surface area contributed by atoms with Crippen LogP contribution in [0.1, 0.15) is 19.8 Å². The van der Waals surface area contributed by atoms with Gasteiger partial charge >= 0.3 is 0 Å². The Bertz CT molecular complexity index is 1060. The number of hydrogen-bond acceptors (Lipinski definition) is 6. The summed E-state index contributed by atoms with van der Waals surface area (Å²) < 4.78 is 25.8. The van der Waals surface area contributed by atoms with Crippen LogP contribution in [0.15, 0.2) is 41.2 Å². The molecule has 1 fully saturated rings. The lowest BCUT2D eigenvalue weighted by atomic mass is 10.1. The van der Waals surface area contributed by atoms with Crippen LogP contribution >= 0.6 is 0 Å². The zero-order valence-corrected chi connectivity index (χ0v) is 16.9. The summed E-state index contributed by atoms with van der Waals surface area (Å²) >= 11 is 0. The van der Waals surface area contributed by atoms with Gasteiger partial charge in [0.25, 0.3) is 5.56 Å². The highest BCUT2D eigenvalue weighted by atomic mass is 19.1. The Kier molecular flexibility index (Phi) is 6.35. The number of nitrogens with zero attached hydrogens (tertiary/aromatic N) is 3. The molecule has 0 unspecified atom stereocenters. The second-order valence-corrected chi connectivity index (χ2v) is 7.19. The van der Waals surface area contributed by atoms with Crippen molar-refractivity contribution in [1.29, 1.82) is 0 Å². The average molecular weight is 412 g/mol. The van der Waals surface area contributed by atoms with Gasteiger partial charge in [-0.25, -0.2) is 14.4 Å². The first kappa shape index (κ1) is 20.4. The first-order valence-corrected chi connectivity index (χ1v) is 10.3. The van der Waals surface area contributed by atoms with Gasteiger partial charge in [0.2, 0.25) is 0 Å². The Morgan fingerprint density at radius 2 is 1.93 bits per heavy atom. The molecule has 0 amide bonds. The molecule has 30 heavy (non-hydrogen) atoms. The maximum Gasteiger partial charge on any atom is 0.295 e. The summed E-state index contributed by atoms with van der Waals surface area (Å²) in [4.78, 5) is 22.4. The van der Waals surface area contributed by atoms with Gasteiger partial charge < -0.3 is 14.8 Å². The number of benzene rings is 1. The molecule has 8 heteroatoms. The number of ether oxygens (including phenoxy) is 2. The summed E-state index contributed by atoms with van der Waals surface area (Å²) in [5, 5.41) is 3.29. The molecule has 0 atom stereocenters. The fourth-order valence-corrected chi connectivity index (χ4v) is 3.54. The summed E-state index contributed by atoms with van der Waals surface area (Å²) in [6.07, 6.45) is 1.67. The largest absolute Gasteiger partial charge is 0.381 e. The molecule has 0 saturated carbocycles. The van der Waals surface area contributed by atoms with Crippen molar-refractivity contribution >= 4 is 17.0 Å². The molecule has 1 aromatic carbocycles. The molecule has 1 saturated heterocycles. The average Bonchev–Trinajstić information content (AvgIpc) is 2.77. The molecule has 2 aromatic heterocycles. The Balaban J connectivity index is 1.75. The van der Waals surface area contributed by atoms with E-state index in [4.69, 9.17) is 9.47 Å². The number of anilines is 1. The normalized spacial score (nSPS) is 14.9. The van der Waals surface area contributed by atoms with Crippen molar-refractivity contribution in [2.24, 2.45) is 0 Å². The fourth-order valence-electron chi connectivity index (χ4n) is 3.54. The molecule has 4 rings (SSSR count). The number of fused-ring (bicyclic) bond motifs is 1. The molecule has 1 aliphatic rings. The van der Waals surface area contributed by atoms with E-state index in [1.165, 1.54) is 12.1 Å². The summed E-state index contributed by atoms with van der Waals surface area (Å²) in [6.45, 7) is 4.59. The van der Waals surface area contributed by atoms with Crippen molar-refractivity contribution in [3.8, 4) is 11.3 Å². The van der Waals surface area contributed by atoms with E-state index in [-0.39, 0.29) is 17.4 Å². The second-order valence-electron chi connectivity index (χ2n) is 7.19. The molecule has 3 aromatic rings. The molecule has 0 aliphatic carbocycles. The maximum absolute atomic E-state index is 13.3. The summed E-state index contributed by atoms with van der Waals surface area (Å²) in [6, 6.07) is 9.94. The standard InChI is InChI=1S/C22H25FN4O3/c1-2-29-14-11-27-21-19(8-7-18(26-21)15-3-5-16(23)6-4-15)25-20(22(27)28)24-17-9-12-30-13-10-17/h3-8,17H,2,9-14H2,1H3,(H,24,25). The zero-order chi connectivity index (χ0) is 20.9. The van der Waals surface area contributed by atoms with Gasteiger partial charge in [0.15, 0.2) is 11.5 Å². The molecule has 3 heterocycles. The Labute approximate surface area is 173 Å². The van der Waals surface area contributed by atoms with E-state index in [9.17, 15) is 9.18 Å². The maximum atomic E-state index is 13.3. The minimum absolute atomic E-state index is 0.156. The zero-order valence-electron chi connectivity index (χ0n) is 16.9. The first-order valence-electron chi connectivity index (χ1n) is 10.3. The van der Waals surface area contributed by atoms with E-state index in [0.29, 0.717) is 55.6 Å². The topological polar surface area (TPSA) is 78.3 Å². The number of hydrogen-bond donors (Lipinski definition) is 1. The highest BCUT2D eigenvalue weighted by Gasteiger charge is 2.19. The van der Waals surface area contributed by atoms with Crippen LogP contribution in [-0.2, 0) is 16.0 Å². The van der Waals surface area contributed by atoms with E-state index in [2.05, 4.69) is 15.3 Å². The number of pyridine rings is 1. The molecule has 7 nitrogen and oxygen atoms in total. The monoisotopic (exact) mass is 412 g/mol. The van der Waals surface area contributed by atoms with Crippen LogP contribution in [0, 0.1) is 5.82 Å². The van der Waals surface area contributed by atoms with E-state index in [1.54, 1.807) is 16.7 Å². The van der Waals surface area contributed by atoms with Crippen LogP contribution in [0.2, 0.25) is 0 Å². The third kappa shape index (κ3) is 4.49. The van der Waals surface area contributed by atoms with E-state index in [1.807, 2.05) is 19.1 Å². The molecule has 0 radical (unpaired) electrons. The van der Waals surface area contributed by atoms with Gasteiger partial charge in [0.1, 0.15) is 11.3 Å². The number of halogens is 1. The van der Waals surface area contributed by atoms with Crippen molar-refractivity contribution in [3.05, 3.63) is 52.6 Å². The molecule has 0 bridgehead atoms. The number of aromatic nitrogens is 3. The van der Waals surface area contributed by atoms with E-state index < -0.39 is 0 Å². The fraction of sp³-hybridized carbons (Fsp3) is 0.409. The quantitative estimate of drug-likeness (QED) is 0.601. The second kappa shape index (κ2) is 9.32. The highest BCUT2D eigenvalue weighted by molar-refractivity contribution is 5.76. The smallest absolute Gasteiger partial charge is 0.295 e. The van der Waals surface area contributed by atoms with E-state index in [0.717, 1.165) is 18.4 Å². The van der Waals surface area contributed by atoms with Crippen LogP contribution < -0.4 is 10.9 Å².